The summed E-state index contributed by atoms with van der Waals surface area (Å²) in [6, 6.07) is 0. The average molecular weight is 213 g/mol. The van der Waals surface area contributed by atoms with Crippen LogP contribution in [0.4, 0.5) is 0 Å². The lowest BCUT2D eigenvalue weighted by atomic mass is 9.97. The van der Waals surface area contributed by atoms with Crippen molar-refractivity contribution in [1.29, 1.82) is 0 Å². The second kappa shape index (κ2) is 4.94. The van der Waals surface area contributed by atoms with Gasteiger partial charge in [0.05, 0.1) is 13.2 Å². The van der Waals surface area contributed by atoms with Crippen LogP contribution >= 0.6 is 0 Å². The average Bonchev–Trinajstić information content (AvgIpc) is 2.83. The number of carbonyl (C=O) groups is 1. The van der Waals surface area contributed by atoms with E-state index in [0.29, 0.717) is 31.5 Å². The zero-order chi connectivity index (χ0) is 10.7. The summed E-state index contributed by atoms with van der Waals surface area (Å²) in [5, 5.41) is 0. The summed E-state index contributed by atoms with van der Waals surface area (Å²) in [5.41, 5.74) is 5.69. The van der Waals surface area contributed by atoms with Crippen molar-refractivity contribution in [2.24, 2.45) is 17.6 Å². The van der Waals surface area contributed by atoms with Crippen LogP contribution in [0.5, 0.6) is 0 Å². The highest BCUT2D eigenvalue weighted by Gasteiger charge is 2.31. The molecule has 0 aromatic heterocycles. The second-order valence-corrected chi connectivity index (χ2v) is 4.46. The van der Waals surface area contributed by atoms with Gasteiger partial charge in [-0.15, -0.1) is 0 Å². The fourth-order valence-electron chi connectivity index (χ4n) is 2.51. The molecule has 2 fully saturated rings. The third-order valence-electron chi connectivity index (χ3n) is 3.52. The van der Waals surface area contributed by atoms with Crippen LogP contribution in [0.2, 0.25) is 0 Å². The summed E-state index contributed by atoms with van der Waals surface area (Å²) in [6.45, 7) is 1.92. The highest BCUT2D eigenvalue weighted by molar-refractivity contribution is 5.76. The number of hydrogen-bond donors (Lipinski definition) is 1. The van der Waals surface area contributed by atoms with E-state index in [4.69, 9.17) is 15.2 Å². The number of cyclic esters (lactones) is 1. The first-order chi connectivity index (χ1) is 7.31. The minimum absolute atomic E-state index is 0.197. The normalized spacial score (nSPS) is 35.8. The zero-order valence-corrected chi connectivity index (χ0v) is 8.98. The van der Waals surface area contributed by atoms with Crippen molar-refractivity contribution >= 4 is 5.97 Å². The number of esters is 1. The predicted octanol–water partition coefficient (Wildman–Crippen LogP) is 0.693. The van der Waals surface area contributed by atoms with Crippen molar-refractivity contribution in [2.45, 2.75) is 31.8 Å². The summed E-state index contributed by atoms with van der Waals surface area (Å²) in [5.74, 6) is 0.933. The molecule has 4 heteroatoms. The zero-order valence-electron chi connectivity index (χ0n) is 8.98. The first kappa shape index (κ1) is 10.9. The third kappa shape index (κ3) is 2.49. The number of hydrogen-bond acceptors (Lipinski definition) is 4. The molecule has 0 amide bonds. The Labute approximate surface area is 90.1 Å². The number of ether oxygens (including phenoxy) is 2. The number of carbonyl (C=O) groups excluding carboxylic acids is 1. The van der Waals surface area contributed by atoms with Gasteiger partial charge in [0.25, 0.3) is 0 Å². The molecule has 86 valence electrons. The minimum Gasteiger partial charge on any atom is -0.464 e. The first-order valence-corrected chi connectivity index (χ1v) is 5.79. The molecule has 1 aliphatic carbocycles. The molecule has 2 aliphatic rings. The first-order valence-electron chi connectivity index (χ1n) is 5.79. The van der Waals surface area contributed by atoms with E-state index in [1.54, 1.807) is 0 Å². The summed E-state index contributed by atoms with van der Waals surface area (Å²) in [4.78, 5) is 11.2. The molecule has 3 unspecified atom stereocenters. The Balaban J connectivity index is 1.75. The molecule has 0 spiro atoms. The number of rotatable bonds is 4. The molecular weight excluding hydrogens is 194 g/mol. The van der Waals surface area contributed by atoms with E-state index in [0.717, 1.165) is 6.54 Å². The Kier molecular flexibility index (Phi) is 3.59. The molecule has 3 atom stereocenters. The molecule has 15 heavy (non-hydrogen) atoms. The van der Waals surface area contributed by atoms with Crippen molar-refractivity contribution in [3.8, 4) is 0 Å². The number of nitrogens with two attached hydrogens (primary N) is 1. The quantitative estimate of drug-likeness (QED) is 0.698. The van der Waals surface area contributed by atoms with Crippen LogP contribution in [0.15, 0.2) is 0 Å². The summed E-state index contributed by atoms with van der Waals surface area (Å²) in [7, 11) is 0. The molecule has 1 saturated heterocycles. The molecule has 1 saturated carbocycles. The van der Waals surface area contributed by atoms with E-state index < -0.39 is 0 Å². The molecule has 2 rings (SSSR count). The molecule has 1 heterocycles. The van der Waals surface area contributed by atoms with Crippen molar-refractivity contribution in [1.82, 2.24) is 0 Å². The van der Waals surface area contributed by atoms with Gasteiger partial charge in [-0.1, -0.05) is 6.42 Å². The fraction of sp³-hybridized carbons (Fsp3) is 0.909. The van der Waals surface area contributed by atoms with E-state index in [2.05, 4.69) is 0 Å². The van der Waals surface area contributed by atoms with Gasteiger partial charge in [-0.3, -0.25) is 0 Å². The van der Waals surface area contributed by atoms with Gasteiger partial charge >= 0.3 is 5.97 Å². The lowest BCUT2D eigenvalue weighted by Gasteiger charge is -2.19. The molecule has 4 nitrogen and oxygen atoms in total. The predicted molar refractivity (Wildman–Crippen MR) is 55.2 cm³/mol. The molecule has 0 aromatic rings. The van der Waals surface area contributed by atoms with E-state index >= 15 is 0 Å². The van der Waals surface area contributed by atoms with Crippen molar-refractivity contribution in [3.63, 3.8) is 0 Å². The van der Waals surface area contributed by atoms with Gasteiger partial charge < -0.3 is 15.2 Å². The Morgan fingerprint density at radius 3 is 2.80 bits per heavy atom. The van der Waals surface area contributed by atoms with E-state index in [1.807, 2.05) is 0 Å². The molecule has 2 N–H and O–H groups in total. The van der Waals surface area contributed by atoms with Crippen LogP contribution < -0.4 is 5.73 Å². The van der Waals surface area contributed by atoms with Crippen LogP contribution in [0, 0.1) is 11.8 Å². The van der Waals surface area contributed by atoms with Crippen LogP contribution in [0.3, 0.4) is 0 Å². The standard InChI is InChI=1S/C11H19NO3/c12-6-8-2-1-3-9(8)7-15-10-4-5-14-11(10)13/h8-10H,1-7,12H2. The second-order valence-electron chi connectivity index (χ2n) is 4.46. The Morgan fingerprint density at radius 1 is 1.33 bits per heavy atom. The van der Waals surface area contributed by atoms with Crippen molar-refractivity contribution in [2.75, 3.05) is 19.8 Å². The van der Waals surface area contributed by atoms with Gasteiger partial charge in [0.1, 0.15) is 0 Å². The fourth-order valence-corrected chi connectivity index (χ4v) is 2.51. The smallest absolute Gasteiger partial charge is 0.335 e. The summed E-state index contributed by atoms with van der Waals surface area (Å²) in [6.07, 6.45) is 4.02. The molecule has 0 radical (unpaired) electrons. The maximum absolute atomic E-state index is 11.2. The third-order valence-corrected chi connectivity index (χ3v) is 3.52. The van der Waals surface area contributed by atoms with Crippen molar-refractivity contribution < 1.29 is 14.3 Å². The lowest BCUT2D eigenvalue weighted by Crippen LogP contribution is -2.26. The minimum atomic E-state index is -0.316. The van der Waals surface area contributed by atoms with E-state index in [9.17, 15) is 4.79 Å². The highest BCUT2D eigenvalue weighted by atomic mass is 16.6. The van der Waals surface area contributed by atoms with E-state index in [1.165, 1.54) is 19.3 Å². The maximum atomic E-state index is 11.2. The Hall–Kier alpha value is -0.610. The van der Waals surface area contributed by atoms with Crippen molar-refractivity contribution in [3.05, 3.63) is 0 Å². The SMILES string of the molecule is NCC1CCCC1COC1CCOC1=O. The lowest BCUT2D eigenvalue weighted by molar-refractivity contribution is -0.148. The molecule has 0 aromatic carbocycles. The van der Waals surface area contributed by atoms with Crippen LogP contribution in [0.1, 0.15) is 25.7 Å². The van der Waals surface area contributed by atoms with Gasteiger partial charge in [0.15, 0.2) is 6.10 Å². The van der Waals surface area contributed by atoms with Gasteiger partial charge in [-0.25, -0.2) is 4.79 Å². The molecular formula is C11H19NO3. The molecule has 0 bridgehead atoms. The van der Waals surface area contributed by atoms with Gasteiger partial charge in [-0.05, 0) is 31.2 Å². The summed E-state index contributed by atoms with van der Waals surface area (Å²) >= 11 is 0. The van der Waals surface area contributed by atoms with Crippen LogP contribution in [-0.4, -0.2) is 31.8 Å². The van der Waals surface area contributed by atoms with Crippen LogP contribution in [0.25, 0.3) is 0 Å². The van der Waals surface area contributed by atoms with E-state index in [-0.39, 0.29) is 12.1 Å². The molecule has 1 aliphatic heterocycles. The van der Waals surface area contributed by atoms with Gasteiger partial charge in [0.2, 0.25) is 0 Å². The maximum Gasteiger partial charge on any atom is 0.335 e. The Bertz CT molecular complexity index is 232. The van der Waals surface area contributed by atoms with Gasteiger partial charge in [-0.2, -0.15) is 0 Å². The summed E-state index contributed by atoms with van der Waals surface area (Å²) < 4.78 is 10.4. The highest BCUT2D eigenvalue weighted by Crippen LogP contribution is 2.31. The largest absolute Gasteiger partial charge is 0.464 e. The van der Waals surface area contributed by atoms with Gasteiger partial charge in [0, 0.05) is 6.42 Å². The monoisotopic (exact) mass is 213 g/mol. The topological polar surface area (TPSA) is 61.6 Å². The Morgan fingerprint density at radius 2 is 2.13 bits per heavy atom. The van der Waals surface area contributed by atoms with Crippen LogP contribution in [-0.2, 0) is 14.3 Å².